The van der Waals surface area contributed by atoms with Crippen molar-refractivity contribution in [2.45, 2.75) is 18.5 Å². The summed E-state index contributed by atoms with van der Waals surface area (Å²) in [6.07, 6.45) is -0.732. The molecule has 0 fully saturated rings. The molecular formula is C23H18F4. The third-order valence-electron chi connectivity index (χ3n) is 4.35. The SMILES string of the molecule is Fc1ccc(C=Cc2ccc(C[C@@H](c3ccccc3)C(F)(F)F)cc2)cc1. The molecular weight excluding hydrogens is 352 g/mol. The van der Waals surface area contributed by atoms with E-state index in [-0.39, 0.29) is 17.8 Å². The number of rotatable bonds is 5. The van der Waals surface area contributed by atoms with E-state index in [1.807, 2.05) is 12.2 Å². The molecule has 0 aromatic heterocycles. The molecule has 0 nitrogen and oxygen atoms in total. The molecule has 0 saturated heterocycles. The third-order valence-corrected chi connectivity index (χ3v) is 4.35. The standard InChI is InChI=1S/C23H18F4/c24-21-14-12-18(13-15-21)7-6-17-8-10-19(11-9-17)16-22(23(25,26)27)20-4-2-1-3-5-20/h1-15,22H,16H2/t22-/m0/s1. The third kappa shape index (κ3) is 5.30. The maximum atomic E-state index is 13.5. The monoisotopic (exact) mass is 370 g/mol. The average molecular weight is 370 g/mol. The maximum Gasteiger partial charge on any atom is 0.396 e. The van der Waals surface area contributed by atoms with Gasteiger partial charge in [-0.3, -0.25) is 0 Å². The molecule has 0 saturated carbocycles. The summed E-state index contributed by atoms with van der Waals surface area (Å²) in [5.41, 5.74) is 2.61. The summed E-state index contributed by atoms with van der Waals surface area (Å²) in [6.45, 7) is 0. The lowest BCUT2D eigenvalue weighted by Crippen LogP contribution is -2.22. The molecule has 0 aliphatic heterocycles. The van der Waals surface area contributed by atoms with Crippen LogP contribution < -0.4 is 0 Å². The highest BCUT2D eigenvalue weighted by Gasteiger charge is 2.40. The highest BCUT2D eigenvalue weighted by molar-refractivity contribution is 5.69. The average Bonchev–Trinajstić information content (AvgIpc) is 2.66. The van der Waals surface area contributed by atoms with E-state index in [0.717, 1.165) is 11.1 Å². The first-order valence-electron chi connectivity index (χ1n) is 8.56. The largest absolute Gasteiger partial charge is 0.396 e. The normalized spacial score (nSPS) is 13.0. The van der Waals surface area contributed by atoms with Crippen LogP contribution in [0.15, 0.2) is 78.9 Å². The molecule has 0 aliphatic rings. The minimum atomic E-state index is -4.30. The zero-order valence-electron chi connectivity index (χ0n) is 14.5. The van der Waals surface area contributed by atoms with E-state index in [9.17, 15) is 17.6 Å². The molecule has 27 heavy (non-hydrogen) atoms. The fourth-order valence-electron chi connectivity index (χ4n) is 2.87. The van der Waals surface area contributed by atoms with Gasteiger partial charge in [0.25, 0.3) is 0 Å². The predicted molar refractivity (Wildman–Crippen MR) is 101 cm³/mol. The van der Waals surface area contributed by atoms with E-state index >= 15 is 0 Å². The van der Waals surface area contributed by atoms with E-state index in [1.54, 1.807) is 54.6 Å². The highest BCUT2D eigenvalue weighted by Crippen LogP contribution is 2.37. The Morgan fingerprint density at radius 1 is 0.704 bits per heavy atom. The van der Waals surface area contributed by atoms with Crippen LogP contribution in [0.2, 0.25) is 0 Å². The first kappa shape index (κ1) is 18.9. The first-order chi connectivity index (χ1) is 12.9. The molecule has 0 amide bonds. The summed E-state index contributed by atoms with van der Waals surface area (Å²) in [5, 5.41) is 0. The molecule has 0 N–H and O–H groups in total. The topological polar surface area (TPSA) is 0 Å². The van der Waals surface area contributed by atoms with E-state index in [0.29, 0.717) is 5.56 Å². The van der Waals surface area contributed by atoms with E-state index < -0.39 is 12.1 Å². The number of benzene rings is 3. The lowest BCUT2D eigenvalue weighted by molar-refractivity contribution is -0.150. The van der Waals surface area contributed by atoms with Gasteiger partial charge in [0.2, 0.25) is 0 Å². The van der Waals surface area contributed by atoms with Crippen molar-refractivity contribution in [3.05, 3.63) is 107 Å². The van der Waals surface area contributed by atoms with Gasteiger partial charge in [0, 0.05) is 0 Å². The second-order valence-corrected chi connectivity index (χ2v) is 6.34. The van der Waals surface area contributed by atoms with Gasteiger partial charge < -0.3 is 0 Å². The Morgan fingerprint density at radius 2 is 1.22 bits per heavy atom. The summed E-state index contributed by atoms with van der Waals surface area (Å²) in [6, 6.07) is 21.1. The van der Waals surface area contributed by atoms with Gasteiger partial charge in [-0.25, -0.2) is 4.39 Å². The fraction of sp³-hybridized carbons (Fsp3) is 0.130. The van der Waals surface area contributed by atoms with Crippen LogP contribution in [0.25, 0.3) is 12.2 Å². The van der Waals surface area contributed by atoms with Crippen LogP contribution in [-0.2, 0) is 6.42 Å². The van der Waals surface area contributed by atoms with Gasteiger partial charge in [0.15, 0.2) is 0 Å². The van der Waals surface area contributed by atoms with Gasteiger partial charge in [-0.2, -0.15) is 13.2 Å². The zero-order valence-corrected chi connectivity index (χ0v) is 14.5. The fourth-order valence-corrected chi connectivity index (χ4v) is 2.87. The van der Waals surface area contributed by atoms with Crippen LogP contribution in [0.4, 0.5) is 17.6 Å². The molecule has 3 rings (SSSR count). The Hall–Kier alpha value is -2.88. The Bertz CT molecular complexity index is 876. The van der Waals surface area contributed by atoms with Crippen molar-refractivity contribution in [2.24, 2.45) is 0 Å². The molecule has 3 aromatic carbocycles. The lowest BCUT2D eigenvalue weighted by Gasteiger charge is -2.21. The summed E-state index contributed by atoms with van der Waals surface area (Å²) >= 11 is 0. The molecule has 0 radical (unpaired) electrons. The van der Waals surface area contributed by atoms with Crippen molar-refractivity contribution in [3.63, 3.8) is 0 Å². The van der Waals surface area contributed by atoms with Gasteiger partial charge in [0.1, 0.15) is 5.82 Å². The minimum Gasteiger partial charge on any atom is -0.207 e. The quantitative estimate of drug-likeness (QED) is 0.339. The summed E-state index contributed by atoms with van der Waals surface area (Å²) in [5.74, 6) is -1.83. The van der Waals surface area contributed by atoms with Crippen molar-refractivity contribution < 1.29 is 17.6 Å². The Balaban J connectivity index is 1.73. The van der Waals surface area contributed by atoms with Gasteiger partial charge in [0.05, 0.1) is 5.92 Å². The van der Waals surface area contributed by atoms with E-state index in [4.69, 9.17) is 0 Å². The summed E-state index contributed by atoms with van der Waals surface area (Å²) < 4.78 is 53.3. The molecule has 3 aromatic rings. The van der Waals surface area contributed by atoms with Crippen molar-refractivity contribution in [3.8, 4) is 0 Å². The molecule has 0 heterocycles. The van der Waals surface area contributed by atoms with Crippen LogP contribution in [-0.4, -0.2) is 6.18 Å². The van der Waals surface area contributed by atoms with Crippen molar-refractivity contribution in [1.29, 1.82) is 0 Å². The van der Waals surface area contributed by atoms with E-state index in [2.05, 4.69) is 0 Å². The molecule has 0 aliphatic carbocycles. The lowest BCUT2D eigenvalue weighted by atomic mass is 9.91. The highest BCUT2D eigenvalue weighted by atomic mass is 19.4. The number of hydrogen-bond donors (Lipinski definition) is 0. The predicted octanol–water partition coefficient (Wildman–Crippen LogP) is 6.88. The first-order valence-corrected chi connectivity index (χ1v) is 8.56. The summed E-state index contributed by atoms with van der Waals surface area (Å²) in [4.78, 5) is 0. The number of hydrogen-bond acceptors (Lipinski definition) is 0. The second-order valence-electron chi connectivity index (χ2n) is 6.34. The Labute approximate surface area is 155 Å². The van der Waals surface area contributed by atoms with Crippen molar-refractivity contribution in [2.75, 3.05) is 0 Å². The van der Waals surface area contributed by atoms with Crippen LogP contribution in [0, 0.1) is 5.82 Å². The van der Waals surface area contributed by atoms with Crippen LogP contribution in [0.3, 0.4) is 0 Å². The van der Waals surface area contributed by atoms with Gasteiger partial charge in [-0.15, -0.1) is 0 Å². The smallest absolute Gasteiger partial charge is 0.207 e. The van der Waals surface area contributed by atoms with Gasteiger partial charge in [-0.05, 0) is 40.8 Å². The molecule has 138 valence electrons. The van der Waals surface area contributed by atoms with Crippen LogP contribution in [0.5, 0.6) is 0 Å². The Kier molecular flexibility index (Phi) is 5.75. The Morgan fingerprint density at radius 3 is 1.74 bits per heavy atom. The molecule has 1 atom stereocenters. The maximum absolute atomic E-state index is 13.5. The molecule has 0 bridgehead atoms. The molecule has 4 heteroatoms. The second kappa shape index (κ2) is 8.21. The number of halogens is 4. The van der Waals surface area contributed by atoms with Gasteiger partial charge in [-0.1, -0.05) is 78.9 Å². The minimum absolute atomic E-state index is 0.102. The van der Waals surface area contributed by atoms with Crippen LogP contribution in [0.1, 0.15) is 28.2 Å². The summed E-state index contributed by atoms with van der Waals surface area (Å²) in [7, 11) is 0. The van der Waals surface area contributed by atoms with Crippen molar-refractivity contribution in [1.82, 2.24) is 0 Å². The molecule has 0 spiro atoms. The number of alkyl halides is 3. The van der Waals surface area contributed by atoms with Crippen LogP contribution >= 0.6 is 0 Å². The zero-order chi connectivity index (χ0) is 19.3. The van der Waals surface area contributed by atoms with Crippen molar-refractivity contribution >= 4 is 12.2 Å². The van der Waals surface area contributed by atoms with Gasteiger partial charge >= 0.3 is 6.18 Å². The van der Waals surface area contributed by atoms with E-state index in [1.165, 1.54) is 24.3 Å². The molecule has 0 unspecified atom stereocenters.